The fourth-order valence-corrected chi connectivity index (χ4v) is 1.08. The number of aryl methyl sites for hydroxylation is 1. The molecule has 0 aromatic carbocycles. The summed E-state index contributed by atoms with van der Waals surface area (Å²) in [5.41, 5.74) is 0. The van der Waals surface area contributed by atoms with Gasteiger partial charge in [0.25, 0.3) is 0 Å². The van der Waals surface area contributed by atoms with E-state index in [1.54, 1.807) is 13.1 Å². The molecular weight excluding hydrogens is 182 g/mol. The second-order valence-corrected chi connectivity index (χ2v) is 2.82. The summed E-state index contributed by atoms with van der Waals surface area (Å²) in [6, 6.07) is 2.34. The predicted molar refractivity (Wildman–Crippen MR) is 49.8 cm³/mol. The molecule has 74 valence electrons. The van der Waals surface area contributed by atoms with Crippen molar-refractivity contribution in [2.24, 2.45) is 0 Å². The molecule has 0 bridgehead atoms. The Balaban J connectivity index is 1.78. The van der Waals surface area contributed by atoms with Crippen LogP contribution in [-0.2, 0) is 6.54 Å². The highest BCUT2D eigenvalue weighted by Gasteiger charge is 1.99. The van der Waals surface area contributed by atoms with Crippen LogP contribution in [0.5, 0.6) is 0 Å². The van der Waals surface area contributed by atoms with E-state index < -0.39 is 0 Å². The van der Waals surface area contributed by atoms with Crippen molar-refractivity contribution in [1.29, 1.82) is 0 Å². The van der Waals surface area contributed by atoms with Crippen LogP contribution < -0.4 is 5.32 Å². The van der Waals surface area contributed by atoms with Crippen LogP contribution in [0.25, 0.3) is 0 Å². The lowest BCUT2D eigenvalue weighted by Crippen LogP contribution is -2.10. The molecule has 0 saturated heterocycles. The molecule has 2 aromatic heterocycles. The standard InChI is InChI=1S/C8H11N5O/c1-7-11-12-8(14-7)9-4-6-13-5-2-3-10-13/h2-3,5H,4,6H2,1H3,(H,9,12). The van der Waals surface area contributed by atoms with Gasteiger partial charge >= 0.3 is 6.01 Å². The molecule has 14 heavy (non-hydrogen) atoms. The Morgan fingerprint density at radius 1 is 1.50 bits per heavy atom. The average Bonchev–Trinajstić information content (AvgIpc) is 2.77. The smallest absolute Gasteiger partial charge is 0.315 e. The third-order valence-electron chi connectivity index (χ3n) is 1.70. The Morgan fingerprint density at radius 3 is 3.07 bits per heavy atom. The molecule has 0 aliphatic carbocycles. The quantitative estimate of drug-likeness (QED) is 0.773. The second kappa shape index (κ2) is 3.91. The van der Waals surface area contributed by atoms with E-state index >= 15 is 0 Å². The summed E-state index contributed by atoms with van der Waals surface area (Å²) in [6.45, 7) is 3.24. The summed E-state index contributed by atoms with van der Waals surface area (Å²) in [6.07, 6.45) is 3.65. The monoisotopic (exact) mass is 193 g/mol. The van der Waals surface area contributed by atoms with Gasteiger partial charge in [0.2, 0.25) is 5.89 Å². The van der Waals surface area contributed by atoms with E-state index in [2.05, 4.69) is 20.6 Å². The molecule has 6 heteroatoms. The molecule has 0 unspecified atom stereocenters. The normalized spacial score (nSPS) is 10.4. The highest BCUT2D eigenvalue weighted by Crippen LogP contribution is 2.02. The van der Waals surface area contributed by atoms with Crippen LogP contribution in [0.2, 0.25) is 0 Å². The minimum atomic E-state index is 0.453. The van der Waals surface area contributed by atoms with Gasteiger partial charge in [-0.15, -0.1) is 5.10 Å². The van der Waals surface area contributed by atoms with E-state index in [1.807, 2.05) is 16.9 Å². The number of hydrogen-bond acceptors (Lipinski definition) is 5. The van der Waals surface area contributed by atoms with Crippen molar-refractivity contribution in [3.63, 3.8) is 0 Å². The molecule has 0 fully saturated rings. The molecule has 0 amide bonds. The van der Waals surface area contributed by atoms with E-state index in [9.17, 15) is 0 Å². The molecule has 1 N–H and O–H groups in total. The van der Waals surface area contributed by atoms with Gasteiger partial charge in [0.1, 0.15) is 0 Å². The lowest BCUT2D eigenvalue weighted by Gasteiger charge is -2.00. The molecular formula is C8H11N5O. The minimum absolute atomic E-state index is 0.453. The van der Waals surface area contributed by atoms with Crippen LogP contribution in [0.15, 0.2) is 22.9 Å². The Labute approximate surface area is 80.9 Å². The van der Waals surface area contributed by atoms with Crippen LogP contribution in [0.3, 0.4) is 0 Å². The molecule has 0 spiro atoms. The summed E-state index contributed by atoms with van der Waals surface area (Å²) >= 11 is 0. The number of anilines is 1. The number of nitrogens with zero attached hydrogens (tertiary/aromatic N) is 4. The van der Waals surface area contributed by atoms with Gasteiger partial charge in [-0.25, -0.2) is 0 Å². The third-order valence-corrected chi connectivity index (χ3v) is 1.70. The Hall–Kier alpha value is -1.85. The maximum Gasteiger partial charge on any atom is 0.315 e. The number of rotatable bonds is 4. The Kier molecular flexibility index (Phi) is 2.44. The third kappa shape index (κ3) is 2.09. The van der Waals surface area contributed by atoms with Crippen molar-refractivity contribution in [2.75, 3.05) is 11.9 Å². The molecule has 0 radical (unpaired) electrons. The van der Waals surface area contributed by atoms with Crippen molar-refractivity contribution in [3.8, 4) is 0 Å². The van der Waals surface area contributed by atoms with Crippen molar-refractivity contribution in [3.05, 3.63) is 24.4 Å². The van der Waals surface area contributed by atoms with E-state index in [0.717, 1.165) is 6.54 Å². The van der Waals surface area contributed by atoms with E-state index in [4.69, 9.17) is 4.42 Å². The van der Waals surface area contributed by atoms with Crippen molar-refractivity contribution in [2.45, 2.75) is 13.5 Å². The summed E-state index contributed by atoms with van der Waals surface area (Å²) in [4.78, 5) is 0. The molecule has 2 heterocycles. The molecule has 0 saturated carbocycles. The van der Waals surface area contributed by atoms with Gasteiger partial charge in [-0.05, 0) is 6.07 Å². The Bertz CT molecular complexity index is 380. The molecule has 0 aliphatic rings. The first-order valence-corrected chi connectivity index (χ1v) is 4.36. The van der Waals surface area contributed by atoms with Crippen LogP contribution in [-0.4, -0.2) is 26.5 Å². The van der Waals surface area contributed by atoms with Gasteiger partial charge < -0.3 is 9.73 Å². The maximum atomic E-state index is 5.14. The molecule has 0 atom stereocenters. The van der Waals surface area contributed by atoms with Crippen LogP contribution in [0.4, 0.5) is 6.01 Å². The first kappa shape index (κ1) is 8.74. The van der Waals surface area contributed by atoms with Gasteiger partial charge in [-0.1, -0.05) is 5.10 Å². The number of hydrogen-bond donors (Lipinski definition) is 1. The first-order valence-electron chi connectivity index (χ1n) is 4.36. The number of aromatic nitrogens is 4. The number of nitrogens with one attached hydrogen (secondary N) is 1. The fraction of sp³-hybridized carbons (Fsp3) is 0.375. The SMILES string of the molecule is Cc1nnc(NCCn2cccn2)o1. The van der Waals surface area contributed by atoms with Crippen LogP contribution in [0, 0.1) is 6.92 Å². The van der Waals surface area contributed by atoms with Gasteiger partial charge in [-0.2, -0.15) is 5.10 Å². The highest BCUT2D eigenvalue weighted by molar-refractivity contribution is 5.15. The van der Waals surface area contributed by atoms with Crippen LogP contribution in [0.1, 0.15) is 5.89 Å². The van der Waals surface area contributed by atoms with Gasteiger partial charge in [0.15, 0.2) is 0 Å². The topological polar surface area (TPSA) is 68.8 Å². The van der Waals surface area contributed by atoms with Crippen molar-refractivity contribution in [1.82, 2.24) is 20.0 Å². The summed E-state index contributed by atoms with van der Waals surface area (Å²) in [5, 5.41) is 14.6. The molecule has 2 aromatic rings. The maximum absolute atomic E-state index is 5.14. The summed E-state index contributed by atoms with van der Waals surface area (Å²) in [7, 11) is 0. The van der Waals surface area contributed by atoms with Crippen molar-refractivity contribution >= 4 is 6.01 Å². The van der Waals surface area contributed by atoms with Crippen LogP contribution >= 0.6 is 0 Å². The highest BCUT2D eigenvalue weighted by atomic mass is 16.4. The predicted octanol–water partition coefficient (Wildman–Crippen LogP) is 0.687. The lowest BCUT2D eigenvalue weighted by molar-refractivity contribution is 0.526. The largest absolute Gasteiger partial charge is 0.408 e. The van der Waals surface area contributed by atoms with Gasteiger partial charge in [0.05, 0.1) is 6.54 Å². The first-order chi connectivity index (χ1) is 6.84. The zero-order chi connectivity index (χ0) is 9.80. The molecule has 0 aliphatic heterocycles. The van der Waals surface area contributed by atoms with E-state index in [-0.39, 0.29) is 0 Å². The van der Waals surface area contributed by atoms with Crippen molar-refractivity contribution < 1.29 is 4.42 Å². The molecule has 2 rings (SSSR count). The molecule has 6 nitrogen and oxygen atoms in total. The second-order valence-electron chi connectivity index (χ2n) is 2.82. The lowest BCUT2D eigenvalue weighted by atomic mass is 10.6. The summed E-state index contributed by atoms with van der Waals surface area (Å²) in [5.74, 6) is 0.562. The minimum Gasteiger partial charge on any atom is -0.408 e. The zero-order valence-corrected chi connectivity index (χ0v) is 7.84. The van der Waals surface area contributed by atoms with Gasteiger partial charge in [0, 0.05) is 25.9 Å². The Morgan fingerprint density at radius 2 is 2.43 bits per heavy atom. The van der Waals surface area contributed by atoms with Gasteiger partial charge in [-0.3, -0.25) is 4.68 Å². The fourth-order valence-electron chi connectivity index (χ4n) is 1.08. The zero-order valence-electron chi connectivity index (χ0n) is 7.84. The average molecular weight is 193 g/mol. The van der Waals surface area contributed by atoms with E-state index in [1.165, 1.54) is 0 Å². The van der Waals surface area contributed by atoms with E-state index in [0.29, 0.717) is 18.5 Å². The summed E-state index contributed by atoms with van der Waals surface area (Å²) < 4.78 is 6.97.